The van der Waals surface area contributed by atoms with Gasteiger partial charge in [-0.2, -0.15) is 0 Å². The fraction of sp³-hybridized carbons (Fsp3) is 0.0175. The van der Waals surface area contributed by atoms with Crippen molar-refractivity contribution in [3.05, 3.63) is 248 Å². The van der Waals surface area contributed by atoms with Gasteiger partial charge in [0.25, 0.3) is 0 Å². The summed E-state index contributed by atoms with van der Waals surface area (Å²) in [4.78, 5) is 0. The summed E-state index contributed by atoms with van der Waals surface area (Å²) in [5.41, 5.74) is 17.4. The van der Waals surface area contributed by atoms with E-state index in [4.69, 9.17) is 0 Å². The molecule has 0 atom stereocenters. The highest BCUT2D eigenvalue weighted by Crippen LogP contribution is 2.37. The molecule has 2 heterocycles. The maximum atomic E-state index is 4.45. The molecule has 2 nitrogen and oxygen atoms in total. The molecule has 0 bridgehead atoms. The lowest BCUT2D eigenvalue weighted by Crippen LogP contribution is -1.95. The molecular formula is C57H42N2. The van der Waals surface area contributed by atoms with E-state index in [0.717, 1.165) is 33.6 Å². The number of benzene rings is 8. The Labute approximate surface area is 345 Å². The Kier molecular flexibility index (Phi) is 9.29. The van der Waals surface area contributed by atoms with Crippen molar-refractivity contribution in [1.82, 2.24) is 9.13 Å². The number of hydrogen-bond donors (Lipinski definition) is 0. The number of rotatable bonds is 9. The number of hydrogen-bond acceptors (Lipinski definition) is 0. The second-order valence-corrected chi connectivity index (χ2v) is 15.2. The molecule has 2 heteroatoms. The van der Waals surface area contributed by atoms with Gasteiger partial charge in [-0.05, 0) is 129 Å². The smallest absolute Gasteiger partial charge is 0.0541 e. The molecule has 8 aromatic carbocycles. The lowest BCUT2D eigenvalue weighted by molar-refractivity contribution is 1.13. The van der Waals surface area contributed by atoms with Crippen LogP contribution in [-0.4, -0.2) is 9.13 Å². The summed E-state index contributed by atoms with van der Waals surface area (Å²) in [6.45, 7) is 6.63. The van der Waals surface area contributed by atoms with E-state index in [1.165, 1.54) is 66.1 Å². The number of aromatic nitrogens is 2. The Bertz CT molecular complexity index is 3180. The van der Waals surface area contributed by atoms with Gasteiger partial charge in [-0.15, -0.1) is 0 Å². The molecule has 0 unspecified atom stereocenters. The maximum Gasteiger partial charge on any atom is 0.0541 e. The highest BCUT2D eigenvalue weighted by atomic mass is 15.0. The summed E-state index contributed by atoms with van der Waals surface area (Å²) in [5, 5.41) is 3.69. The van der Waals surface area contributed by atoms with Crippen LogP contribution in [0.5, 0.6) is 0 Å². The number of nitrogens with zero attached hydrogens (tertiary/aromatic N) is 2. The summed E-state index contributed by atoms with van der Waals surface area (Å²) in [6.07, 6.45) is 6.65. The van der Waals surface area contributed by atoms with Crippen LogP contribution in [0.1, 0.15) is 23.6 Å². The summed E-state index contributed by atoms with van der Waals surface area (Å²) in [7, 11) is 0. The Morgan fingerprint density at radius 1 is 0.424 bits per heavy atom. The third-order valence-electron chi connectivity index (χ3n) is 11.5. The van der Waals surface area contributed by atoms with E-state index >= 15 is 0 Å². The van der Waals surface area contributed by atoms with E-state index in [1.807, 2.05) is 6.07 Å². The predicted molar refractivity (Wildman–Crippen MR) is 252 cm³/mol. The Balaban J connectivity index is 0.990. The Morgan fingerprint density at radius 3 is 1.71 bits per heavy atom. The van der Waals surface area contributed by atoms with Crippen LogP contribution in [0.15, 0.2) is 231 Å². The average Bonchev–Trinajstić information content (AvgIpc) is 3.88. The summed E-state index contributed by atoms with van der Waals surface area (Å²) in [6, 6.07) is 73.9. The Hall–Kier alpha value is -7.68. The first-order valence-corrected chi connectivity index (χ1v) is 20.2. The van der Waals surface area contributed by atoms with E-state index in [2.05, 4.69) is 241 Å². The van der Waals surface area contributed by atoms with Crippen LogP contribution >= 0.6 is 0 Å². The molecule has 0 spiro atoms. The molecule has 0 aliphatic heterocycles. The van der Waals surface area contributed by atoms with Crippen LogP contribution in [0.3, 0.4) is 0 Å². The molecule has 0 fully saturated rings. The monoisotopic (exact) mass is 754 g/mol. The van der Waals surface area contributed by atoms with Gasteiger partial charge in [-0.3, -0.25) is 0 Å². The van der Waals surface area contributed by atoms with Gasteiger partial charge < -0.3 is 9.13 Å². The maximum absolute atomic E-state index is 4.45. The molecule has 0 N–H and O–H groups in total. The van der Waals surface area contributed by atoms with E-state index in [9.17, 15) is 0 Å². The third-order valence-corrected chi connectivity index (χ3v) is 11.5. The van der Waals surface area contributed by atoms with Gasteiger partial charge in [0.1, 0.15) is 0 Å². The topological polar surface area (TPSA) is 9.86 Å². The van der Waals surface area contributed by atoms with Crippen LogP contribution in [0, 0.1) is 0 Å². The van der Waals surface area contributed by atoms with Crippen molar-refractivity contribution in [1.29, 1.82) is 0 Å². The van der Waals surface area contributed by atoms with E-state index in [0.29, 0.717) is 0 Å². The summed E-state index contributed by atoms with van der Waals surface area (Å²) >= 11 is 0. The van der Waals surface area contributed by atoms with Crippen LogP contribution < -0.4 is 0 Å². The zero-order valence-corrected chi connectivity index (χ0v) is 33.0. The van der Waals surface area contributed by atoms with Crippen molar-refractivity contribution in [2.75, 3.05) is 0 Å². The zero-order valence-electron chi connectivity index (χ0n) is 33.0. The minimum atomic E-state index is 0.977. The van der Waals surface area contributed by atoms with Crippen molar-refractivity contribution in [3.63, 3.8) is 0 Å². The third kappa shape index (κ3) is 6.92. The van der Waals surface area contributed by atoms with Gasteiger partial charge in [0.05, 0.1) is 16.6 Å². The van der Waals surface area contributed by atoms with E-state index in [1.54, 1.807) is 0 Å². The summed E-state index contributed by atoms with van der Waals surface area (Å²) < 4.78 is 4.66. The molecule has 2 aromatic heterocycles. The molecule has 10 aromatic rings. The predicted octanol–water partition coefficient (Wildman–Crippen LogP) is 15.3. The molecule has 10 rings (SSSR count). The normalized spacial score (nSPS) is 12.1. The first kappa shape index (κ1) is 35.7. The van der Waals surface area contributed by atoms with E-state index in [-0.39, 0.29) is 0 Å². The number of fused-ring (bicyclic) bond motifs is 4. The van der Waals surface area contributed by atoms with Crippen molar-refractivity contribution in [3.8, 4) is 33.6 Å². The first-order valence-electron chi connectivity index (χ1n) is 20.2. The second kappa shape index (κ2) is 15.3. The highest BCUT2D eigenvalue weighted by molar-refractivity contribution is 6.10. The van der Waals surface area contributed by atoms with Gasteiger partial charge >= 0.3 is 0 Å². The van der Waals surface area contributed by atoms with Gasteiger partial charge in [0.15, 0.2) is 0 Å². The highest BCUT2D eigenvalue weighted by Gasteiger charge is 2.15. The molecule has 0 aliphatic carbocycles. The first-order chi connectivity index (χ1) is 29.1. The number of para-hydroxylation sites is 1. The molecule has 0 saturated carbocycles. The SMILES string of the molecule is C=C(/C=C(\C=C(/C)c1ccccc1)c1ccc(-n2c3ccccc3c3cc(-c4ccc5c(ccn5-c5ccc(-c6ccccc6)cc5)c4)ccc32)cc1)c1ccccc1. The van der Waals surface area contributed by atoms with Gasteiger partial charge in [-0.1, -0.05) is 158 Å². The molecule has 59 heavy (non-hydrogen) atoms. The standard InChI is InChI=1S/C57H42N2/c1-40(42-14-6-3-7-15-42)36-50(37-41(2)43-16-8-4-9-17-43)46-24-30-52(31-25-46)59-56-21-13-12-20-53(56)54-39-48(27-33-57(54)59)47-26-32-55-49(38-47)34-35-58(55)51-28-22-45(23-29-51)44-18-10-5-11-19-44/h3-39H,1H2,2H3/b41-37+,50-36+. The lowest BCUT2D eigenvalue weighted by Gasteiger charge is -2.12. The molecule has 0 aliphatic rings. The molecule has 0 saturated heterocycles. The van der Waals surface area contributed by atoms with Crippen molar-refractivity contribution >= 4 is 49.4 Å². The summed E-state index contributed by atoms with van der Waals surface area (Å²) in [5.74, 6) is 0. The fourth-order valence-corrected chi connectivity index (χ4v) is 8.38. The van der Waals surface area contributed by atoms with Gasteiger partial charge in [-0.25, -0.2) is 0 Å². The van der Waals surface area contributed by atoms with Crippen LogP contribution in [-0.2, 0) is 0 Å². The number of allylic oxidation sites excluding steroid dienone is 5. The van der Waals surface area contributed by atoms with Crippen molar-refractivity contribution in [2.24, 2.45) is 0 Å². The van der Waals surface area contributed by atoms with Crippen molar-refractivity contribution in [2.45, 2.75) is 6.92 Å². The zero-order chi connectivity index (χ0) is 39.7. The largest absolute Gasteiger partial charge is 0.317 e. The lowest BCUT2D eigenvalue weighted by atomic mass is 9.96. The van der Waals surface area contributed by atoms with Crippen LogP contribution in [0.2, 0.25) is 0 Å². The Morgan fingerprint density at radius 2 is 0.983 bits per heavy atom. The molecule has 280 valence electrons. The molecular weight excluding hydrogens is 713 g/mol. The van der Waals surface area contributed by atoms with Gasteiger partial charge in [0.2, 0.25) is 0 Å². The van der Waals surface area contributed by atoms with Crippen molar-refractivity contribution < 1.29 is 0 Å². The average molecular weight is 755 g/mol. The van der Waals surface area contributed by atoms with Gasteiger partial charge in [0, 0.05) is 33.7 Å². The molecule has 0 amide bonds. The minimum Gasteiger partial charge on any atom is -0.317 e. The van der Waals surface area contributed by atoms with Crippen LogP contribution in [0.4, 0.5) is 0 Å². The second-order valence-electron chi connectivity index (χ2n) is 15.2. The van der Waals surface area contributed by atoms with E-state index < -0.39 is 0 Å². The molecule has 0 radical (unpaired) electrons. The fourth-order valence-electron chi connectivity index (χ4n) is 8.38. The quantitative estimate of drug-likeness (QED) is 0.130. The van der Waals surface area contributed by atoms with Crippen LogP contribution in [0.25, 0.3) is 83.1 Å². The minimum absolute atomic E-state index is 0.977.